The van der Waals surface area contributed by atoms with E-state index in [0.29, 0.717) is 43.2 Å². The van der Waals surface area contributed by atoms with Crippen LogP contribution in [0.3, 0.4) is 0 Å². The van der Waals surface area contributed by atoms with Crippen LogP contribution in [0.15, 0.2) is 17.9 Å². The molecule has 0 unspecified atom stereocenters. The van der Waals surface area contributed by atoms with Crippen LogP contribution in [0.2, 0.25) is 5.02 Å². The minimum atomic E-state index is -0.571. The number of aliphatic hydroxyl groups excluding tert-OH is 1. The molecule has 2 rings (SSSR count). The Morgan fingerprint density at radius 3 is 2.39 bits per heavy atom. The van der Waals surface area contributed by atoms with Gasteiger partial charge in [0, 0.05) is 12.1 Å². The first-order valence-electron chi connectivity index (χ1n) is 9.81. The molecule has 6 heteroatoms. The van der Waals surface area contributed by atoms with E-state index < -0.39 is 5.54 Å². The minimum absolute atomic E-state index is 0.246. The van der Waals surface area contributed by atoms with Crippen LogP contribution in [-0.4, -0.2) is 36.6 Å². The fourth-order valence-electron chi connectivity index (χ4n) is 3.59. The van der Waals surface area contributed by atoms with Crippen molar-refractivity contribution in [2.45, 2.75) is 65.0 Å². The summed E-state index contributed by atoms with van der Waals surface area (Å²) >= 11 is 6.18. The van der Waals surface area contributed by atoms with E-state index in [9.17, 15) is 9.90 Å². The highest BCUT2D eigenvalue weighted by molar-refractivity contribution is 6.30. The number of ether oxygens (including phenoxy) is 2. The first-order valence-corrected chi connectivity index (χ1v) is 10.2. The Morgan fingerprint density at radius 2 is 1.89 bits per heavy atom. The van der Waals surface area contributed by atoms with Crippen molar-refractivity contribution in [2.75, 3.05) is 13.8 Å². The summed E-state index contributed by atoms with van der Waals surface area (Å²) in [4.78, 5) is 12.5. The number of benzene rings is 1. The smallest absolute Gasteiger partial charge is 0.313 e. The predicted molar refractivity (Wildman–Crippen MR) is 112 cm³/mol. The van der Waals surface area contributed by atoms with Crippen molar-refractivity contribution in [1.29, 1.82) is 0 Å². The van der Waals surface area contributed by atoms with E-state index in [0.717, 1.165) is 16.7 Å². The molecule has 1 saturated carbocycles. The zero-order valence-electron chi connectivity index (χ0n) is 17.5. The van der Waals surface area contributed by atoms with E-state index in [-0.39, 0.29) is 18.0 Å². The van der Waals surface area contributed by atoms with E-state index in [4.69, 9.17) is 21.1 Å². The Bertz CT molecular complexity index is 693. The predicted octanol–water partition coefficient (Wildman–Crippen LogP) is 4.36. The molecule has 28 heavy (non-hydrogen) atoms. The van der Waals surface area contributed by atoms with Crippen molar-refractivity contribution < 1.29 is 19.4 Å². The van der Waals surface area contributed by atoms with Gasteiger partial charge in [0.2, 0.25) is 0 Å². The van der Waals surface area contributed by atoms with Gasteiger partial charge in [0.15, 0.2) is 0 Å². The molecular weight excluding hydrogens is 378 g/mol. The molecule has 1 aromatic carbocycles. The third kappa shape index (κ3) is 5.57. The van der Waals surface area contributed by atoms with E-state index in [1.807, 2.05) is 45.9 Å². The molecule has 1 fully saturated rings. The van der Waals surface area contributed by atoms with Gasteiger partial charge in [0.1, 0.15) is 5.76 Å². The van der Waals surface area contributed by atoms with Crippen LogP contribution in [-0.2, 0) is 14.3 Å². The number of rotatable bonds is 7. The van der Waals surface area contributed by atoms with Gasteiger partial charge in [-0.25, -0.2) is 0 Å². The third-order valence-corrected chi connectivity index (χ3v) is 5.57. The summed E-state index contributed by atoms with van der Waals surface area (Å²) in [6.07, 6.45) is 4.18. The summed E-state index contributed by atoms with van der Waals surface area (Å²) in [7, 11) is 1.62. The summed E-state index contributed by atoms with van der Waals surface area (Å²) in [6.45, 7) is 7.95. The van der Waals surface area contributed by atoms with Gasteiger partial charge in [-0.3, -0.25) is 10.1 Å². The average molecular weight is 410 g/mol. The zero-order chi connectivity index (χ0) is 20.9. The number of carbonyl (C=O) groups excluding carboxylic acids is 1. The lowest BCUT2D eigenvalue weighted by Gasteiger charge is -2.40. The fourth-order valence-corrected chi connectivity index (χ4v) is 3.92. The second-order valence-electron chi connectivity index (χ2n) is 7.96. The summed E-state index contributed by atoms with van der Waals surface area (Å²) in [5.74, 6) is 0.0494. The van der Waals surface area contributed by atoms with Crippen LogP contribution in [0.5, 0.6) is 0 Å². The molecule has 0 radical (unpaired) electrons. The largest absolute Gasteiger partial charge is 0.429 e. The number of aryl methyl sites for hydroxylation is 2. The molecule has 1 aromatic rings. The molecule has 0 aromatic heterocycles. The van der Waals surface area contributed by atoms with Crippen molar-refractivity contribution in [1.82, 2.24) is 5.32 Å². The lowest BCUT2D eigenvalue weighted by Crippen LogP contribution is -2.52. The van der Waals surface area contributed by atoms with Gasteiger partial charge >= 0.3 is 5.97 Å². The van der Waals surface area contributed by atoms with E-state index in [1.54, 1.807) is 7.11 Å². The van der Waals surface area contributed by atoms with Gasteiger partial charge in [-0.15, -0.1) is 0 Å². The number of esters is 1. The fraction of sp³-hybridized carbons (Fsp3) is 0.591. The molecule has 2 N–H and O–H groups in total. The SMILES string of the molecule is COCNC1(/C(=C/c2c(C)cc(Cl)cc2C)OC(=O)C(C)C)CCC(O)CC1. The minimum Gasteiger partial charge on any atom is -0.429 e. The van der Waals surface area contributed by atoms with E-state index in [2.05, 4.69) is 5.32 Å². The van der Waals surface area contributed by atoms with E-state index in [1.165, 1.54) is 0 Å². The molecule has 0 saturated heterocycles. The molecular formula is C22H32ClNO4. The van der Waals surface area contributed by atoms with Gasteiger partial charge in [0.25, 0.3) is 0 Å². The zero-order valence-corrected chi connectivity index (χ0v) is 18.2. The Kier molecular flexibility index (Phi) is 8.07. The number of methoxy groups -OCH3 is 1. The molecule has 0 bridgehead atoms. The number of carbonyl (C=O) groups is 1. The third-order valence-electron chi connectivity index (χ3n) is 5.35. The first kappa shape index (κ1) is 22.9. The Morgan fingerprint density at radius 1 is 1.32 bits per heavy atom. The van der Waals surface area contributed by atoms with Crippen molar-refractivity contribution in [3.8, 4) is 0 Å². The maximum atomic E-state index is 12.5. The van der Waals surface area contributed by atoms with Crippen molar-refractivity contribution >= 4 is 23.6 Å². The van der Waals surface area contributed by atoms with Crippen molar-refractivity contribution in [3.63, 3.8) is 0 Å². The standard InChI is InChI=1S/C22H32ClNO4/c1-14(2)21(26)28-20(12-19-15(3)10-17(23)11-16(19)4)22(24-13-27-5)8-6-18(25)7-9-22/h10-12,14,18,24-25H,6-9,13H2,1-5H3/b20-12-. The summed E-state index contributed by atoms with van der Waals surface area (Å²) in [5.41, 5.74) is 2.44. The second kappa shape index (κ2) is 9.88. The molecule has 1 aliphatic carbocycles. The second-order valence-corrected chi connectivity index (χ2v) is 8.40. The number of nitrogens with one attached hydrogen (secondary N) is 1. The number of hydrogen-bond donors (Lipinski definition) is 2. The Labute approximate surface area is 173 Å². The van der Waals surface area contributed by atoms with Crippen LogP contribution >= 0.6 is 11.6 Å². The Balaban J connectivity index is 2.54. The van der Waals surface area contributed by atoms with Crippen LogP contribution in [0.25, 0.3) is 6.08 Å². The van der Waals surface area contributed by atoms with Gasteiger partial charge in [0.05, 0.1) is 24.3 Å². The topological polar surface area (TPSA) is 67.8 Å². The van der Waals surface area contributed by atoms with Crippen molar-refractivity contribution in [2.24, 2.45) is 5.92 Å². The molecule has 156 valence electrons. The van der Waals surface area contributed by atoms with Crippen molar-refractivity contribution in [3.05, 3.63) is 39.6 Å². The highest BCUT2D eigenvalue weighted by Gasteiger charge is 2.40. The maximum Gasteiger partial charge on any atom is 0.313 e. The summed E-state index contributed by atoms with van der Waals surface area (Å²) in [6, 6.07) is 3.81. The van der Waals surface area contributed by atoms with Gasteiger partial charge in [-0.05, 0) is 74.4 Å². The molecule has 0 atom stereocenters. The van der Waals surface area contributed by atoms with E-state index >= 15 is 0 Å². The number of aliphatic hydroxyl groups is 1. The molecule has 0 aliphatic heterocycles. The molecule has 5 nitrogen and oxygen atoms in total. The van der Waals surface area contributed by atoms with Crippen LogP contribution in [0.1, 0.15) is 56.2 Å². The van der Waals surface area contributed by atoms with Crippen LogP contribution < -0.4 is 5.32 Å². The highest BCUT2D eigenvalue weighted by Crippen LogP contribution is 2.37. The van der Waals surface area contributed by atoms with Gasteiger partial charge in [-0.2, -0.15) is 0 Å². The maximum absolute atomic E-state index is 12.5. The summed E-state index contributed by atoms with van der Waals surface area (Å²) < 4.78 is 11.2. The first-order chi connectivity index (χ1) is 13.2. The number of hydrogen-bond acceptors (Lipinski definition) is 5. The molecule has 0 heterocycles. The van der Waals surface area contributed by atoms with Gasteiger partial charge < -0.3 is 14.6 Å². The molecule has 1 aliphatic rings. The summed E-state index contributed by atoms with van der Waals surface area (Å²) in [5, 5.41) is 14.1. The quantitative estimate of drug-likeness (QED) is 0.397. The van der Waals surface area contributed by atoms with Crippen LogP contribution in [0.4, 0.5) is 0 Å². The van der Waals surface area contributed by atoms with Crippen LogP contribution in [0, 0.1) is 19.8 Å². The molecule has 0 amide bonds. The normalized spacial score (nSPS) is 23.1. The molecule has 0 spiro atoms. The lowest BCUT2D eigenvalue weighted by atomic mass is 9.78. The highest BCUT2D eigenvalue weighted by atomic mass is 35.5. The Hall–Kier alpha value is -1.40. The number of halogens is 1. The average Bonchev–Trinajstić information content (AvgIpc) is 2.63. The lowest BCUT2D eigenvalue weighted by molar-refractivity contribution is -0.144. The monoisotopic (exact) mass is 409 g/mol. The van der Waals surface area contributed by atoms with Gasteiger partial charge in [-0.1, -0.05) is 25.4 Å².